The van der Waals surface area contributed by atoms with Crippen LogP contribution in [0, 0.1) is 5.92 Å². The van der Waals surface area contributed by atoms with E-state index in [1.165, 1.54) is 35.1 Å². The third-order valence-corrected chi connectivity index (χ3v) is 6.09. The average molecular weight is 358 g/mol. The Labute approximate surface area is 161 Å². The van der Waals surface area contributed by atoms with Gasteiger partial charge in [0.15, 0.2) is 0 Å². The number of nitrogens with zero attached hydrogens (tertiary/aromatic N) is 1. The second-order valence-corrected chi connectivity index (χ2v) is 8.05. The molecule has 3 heteroatoms. The highest BCUT2D eigenvalue weighted by molar-refractivity contribution is 5.63. The van der Waals surface area contributed by atoms with Crippen LogP contribution < -0.4 is 5.32 Å². The Hall–Kier alpha value is -2.23. The standard InChI is InChI=1S/C24H26N2O/c1-2-23(26-11-1)17-27-24-10-7-19(15-22(24)16-24)14-18-3-5-20(6-4-18)21-8-12-25-13-9-21/h3-10,12-13,15,22-23,26H,1-2,11,14,16-17H2. The molecule has 2 aliphatic carbocycles. The van der Waals surface area contributed by atoms with E-state index >= 15 is 0 Å². The van der Waals surface area contributed by atoms with Crippen LogP contribution in [0.1, 0.15) is 24.8 Å². The SMILES string of the molecule is C1=CC2(OCC3CCCN3)CC2C=C1Cc1ccc(-c2ccncc2)cc1. The van der Waals surface area contributed by atoms with Crippen LogP contribution in [-0.2, 0) is 11.2 Å². The molecule has 1 saturated carbocycles. The number of benzene rings is 1. The van der Waals surface area contributed by atoms with Crippen molar-refractivity contribution in [3.8, 4) is 11.1 Å². The summed E-state index contributed by atoms with van der Waals surface area (Å²) in [4.78, 5) is 4.09. The van der Waals surface area contributed by atoms with Crippen molar-refractivity contribution in [2.75, 3.05) is 13.2 Å². The maximum Gasteiger partial charge on any atom is 0.0936 e. The van der Waals surface area contributed by atoms with Crippen LogP contribution in [0.3, 0.4) is 0 Å². The molecule has 1 N–H and O–H groups in total. The maximum absolute atomic E-state index is 6.29. The number of nitrogens with one attached hydrogen (secondary N) is 1. The molecular weight excluding hydrogens is 332 g/mol. The minimum Gasteiger partial charge on any atom is -0.369 e. The number of fused-ring (bicyclic) bond motifs is 1. The monoisotopic (exact) mass is 358 g/mol. The van der Waals surface area contributed by atoms with Gasteiger partial charge in [0.05, 0.1) is 12.2 Å². The zero-order chi connectivity index (χ0) is 18.1. The highest BCUT2D eigenvalue weighted by Crippen LogP contribution is 2.52. The summed E-state index contributed by atoms with van der Waals surface area (Å²) in [5.41, 5.74) is 5.22. The predicted octanol–water partition coefficient (Wildman–Crippen LogP) is 4.31. The minimum absolute atomic E-state index is 0.00102. The Morgan fingerprint density at radius 2 is 1.89 bits per heavy atom. The lowest BCUT2D eigenvalue weighted by molar-refractivity contribution is 0.0460. The zero-order valence-electron chi connectivity index (χ0n) is 15.6. The molecule has 3 nitrogen and oxygen atoms in total. The van der Waals surface area contributed by atoms with E-state index in [2.05, 4.69) is 64.9 Å². The van der Waals surface area contributed by atoms with Crippen LogP contribution >= 0.6 is 0 Å². The normalized spacial score (nSPS) is 28.7. The molecule has 2 aromatic rings. The fraction of sp³-hybridized carbons (Fsp3) is 0.375. The quantitative estimate of drug-likeness (QED) is 0.835. The first-order valence-electron chi connectivity index (χ1n) is 10.1. The van der Waals surface area contributed by atoms with Crippen molar-refractivity contribution in [2.45, 2.75) is 37.3 Å². The molecule has 27 heavy (non-hydrogen) atoms. The van der Waals surface area contributed by atoms with E-state index in [-0.39, 0.29) is 5.60 Å². The van der Waals surface area contributed by atoms with Gasteiger partial charge in [0.25, 0.3) is 0 Å². The average Bonchev–Trinajstić information content (AvgIpc) is 3.18. The summed E-state index contributed by atoms with van der Waals surface area (Å²) in [5.74, 6) is 0.565. The third kappa shape index (κ3) is 3.62. The van der Waals surface area contributed by atoms with Gasteiger partial charge in [-0.15, -0.1) is 0 Å². The van der Waals surface area contributed by atoms with Crippen LogP contribution in [0.4, 0.5) is 0 Å². The minimum atomic E-state index is -0.00102. The van der Waals surface area contributed by atoms with E-state index in [0.29, 0.717) is 12.0 Å². The van der Waals surface area contributed by atoms with Gasteiger partial charge in [-0.2, -0.15) is 0 Å². The lowest BCUT2D eigenvalue weighted by atomic mass is 9.97. The van der Waals surface area contributed by atoms with Crippen molar-refractivity contribution in [1.29, 1.82) is 0 Å². The Morgan fingerprint density at radius 1 is 1.07 bits per heavy atom. The van der Waals surface area contributed by atoms with Gasteiger partial charge in [-0.3, -0.25) is 4.98 Å². The van der Waals surface area contributed by atoms with Crippen molar-refractivity contribution >= 4 is 0 Å². The number of ether oxygens (including phenoxy) is 1. The summed E-state index contributed by atoms with van der Waals surface area (Å²) < 4.78 is 6.29. The van der Waals surface area contributed by atoms with Crippen LogP contribution in [0.2, 0.25) is 0 Å². The summed E-state index contributed by atoms with van der Waals surface area (Å²) in [6, 6.07) is 13.5. The fourth-order valence-corrected chi connectivity index (χ4v) is 4.32. The third-order valence-electron chi connectivity index (χ3n) is 6.09. The molecule has 0 bridgehead atoms. The number of hydrogen-bond donors (Lipinski definition) is 1. The summed E-state index contributed by atoms with van der Waals surface area (Å²) in [5, 5.41) is 3.52. The Kier molecular flexibility index (Phi) is 4.42. The Bertz CT molecular complexity index is 850. The van der Waals surface area contributed by atoms with Gasteiger partial charge < -0.3 is 10.1 Å². The van der Waals surface area contributed by atoms with Crippen molar-refractivity contribution in [2.24, 2.45) is 5.92 Å². The molecule has 3 atom stereocenters. The van der Waals surface area contributed by atoms with E-state index in [1.807, 2.05) is 12.4 Å². The topological polar surface area (TPSA) is 34.1 Å². The second kappa shape index (κ2) is 7.06. The maximum atomic E-state index is 6.29. The van der Waals surface area contributed by atoms with Crippen molar-refractivity contribution in [3.05, 3.63) is 78.2 Å². The first-order chi connectivity index (χ1) is 13.3. The summed E-state index contributed by atoms with van der Waals surface area (Å²) in [6.07, 6.45) is 15.4. The van der Waals surface area contributed by atoms with E-state index < -0.39 is 0 Å². The van der Waals surface area contributed by atoms with Crippen molar-refractivity contribution < 1.29 is 4.74 Å². The highest BCUT2D eigenvalue weighted by Gasteiger charge is 2.53. The Morgan fingerprint density at radius 3 is 2.63 bits per heavy atom. The molecule has 2 heterocycles. The molecular formula is C24H26N2O. The zero-order valence-corrected chi connectivity index (χ0v) is 15.6. The van der Waals surface area contributed by atoms with Gasteiger partial charge >= 0.3 is 0 Å². The molecule has 2 fully saturated rings. The van der Waals surface area contributed by atoms with Gasteiger partial charge in [-0.1, -0.05) is 42.5 Å². The van der Waals surface area contributed by atoms with E-state index in [9.17, 15) is 0 Å². The summed E-state index contributed by atoms with van der Waals surface area (Å²) in [6.45, 7) is 1.99. The Balaban J connectivity index is 1.19. The number of pyridine rings is 1. The van der Waals surface area contributed by atoms with Gasteiger partial charge in [0.1, 0.15) is 0 Å². The largest absolute Gasteiger partial charge is 0.369 e. The van der Waals surface area contributed by atoms with Crippen LogP contribution in [0.15, 0.2) is 72.6 Å². The molecule has 1 aliphatic heterocycles. The lowest BCUT2D eigenvalue weighted by Crippen LogP contribution is -2.30. The molecule has 3 aliphatic rings. The molecule has 3 unspecified atom stereocenters. The van der Waals surface area contributed by atoms with Gasteiger partial charge in [0.2, 0.25) is 0 Å². The van der Waals surface area contributed by atoms with E-state index in [4.69, 9.17) is 4.74 Å². The molecule has 1 saturated heterocycles. The second-order valence-electron chi connectivity index (χ2n) is 8.05. The first kappa shape index (κ1) is 16.9. The molecule has 5 rings (SSSR count). The molecule has 1 aromatic heterocycles. The molecule has 0 amide bonds. The van der Waals surface area contributed by atoms with E-state index in [1.54, 1.807) is 0 Å². The smallest absolute Gasteiger partial charge is 0.0936 e. The number of hydrogen-bond acceptors (Lipinski definition) is 3. The van der Waals surface area contributed by atoms with Crippen LogP contribution in [-0.4, -0.2) is 29.8 Å². The van der Waals surface area contributed by atoms with Gasteiger partial charge in [-0.05, 0) is 66.6 Å². The molecule has 0 radical (unpaired) electrons. The van der Waals surface area contributed by atoms with Crippen LogP contribution in [0.5, 0.6) is 0 Å². The van der Waals surface area contributed by atoms with Crippen molar-refractivity contribution in [1.82, 2.24) is 10.3 Å². The highest BCUT2D eigenvalue weighted by atomic mass is 16.5. The number of allylic oxidation sites excluding steroid dienone is 2. The van der Waals surface area contributed by atoms with Crippen LogP contribution in [0.25, 0.3) is 11.1 Å². The van der Waals surface area contributed by atoms with Gasteiger partial charge in [-0.25, -0.2) is 0 Å². The molecule has 0 spiro atoms. The first-order valence-corrected chi connectivity index (χ1v) is 10.1. The predicted molar refractivity (Wildman–Crippen MR) is 108 cm³/mol. The number of rotatable bonds is 6. The fourth-order valence-electron chi connectivity index (χ4n) is 4.32. The summed E-state index contributed by atoms with van der Waals surface area (Å²) in [7, 11) is 0. The number of aromatic nitrogens is 1. The van der Waals surface area contributed by atoms with Gasteiger partial charge in [0, 0.05) is 24.4 Å². The molecule has 138 valence electrons. The van der Waals surface area contributed by atoms with E-state index in [0.717, 1.165) is 26.0 Å². The van der Waals surface area contributed by atoms with Crippen molar-refractivity contribution in [3.63, 3.8) is 0 Å². The molecule has 1 aromatic carbocycles. The lowest BCUT2D eigenvalue weighted by Gasteiger charge is -2.20. The summed E-state index contributed by atoms with van der Waals surface area (Å²) >= 11 is 0.